The number of halogens is 2. The third-order valence-corrected chi connectivity index (χ3v) is 3.35. The fraction of sp³-hybridized carbons (Fsp3) is 0.0667. The number of benzene rings is 2. The summed E-state index contributed by atoms with van der Waals surface area (Å²) >= 11 is 11.7. The number of carbonyl (C=O) groups excluding carboxylic acids is 1. The van der Waals surface area contributed by atoms with Crippen LogP contribution in [-0.2, 0) is 5.88 Å². The number of carbonyl (C=O) groups is 1. The number of rotatable bonds is 3. The zero-order chi connectivity index (χ0) is 14.5. The van der Waals surface area contributed by atoms with Gasteiger partial charge in [-0.2, -0.15) is 5.26 Å². The summed E-state index contributed by atoms with van der Waals surface area (Å²) < 4.78 is 0. The molecule has 20 heavy (non-hydrogen) atoms. The van der Waals surface area contributed by atoms with Crippen molar-refractivity contribution in [2.45, 2.75) is 5.88 Å². The highest BCUT2D eigenvalue weighted by Crippen LogP contribution is 2.23. The van der Waals surface area contributed by atoms with Gasteiger partial charge in [0.1, 0.15) is 0 Å². The van der Waals surface area contributed by atoms with Crippen LogP contribution in [0, 0.1) is 11.3 Å². The molecule has 0 aliphatic carbocycles. The van der Waals surface area contributed by atoms with E-state index in [1.54, 1.807) is 36.4 Å². The van der Waals surface area contributed by atoms with Crippen molar-refractivity contribution in [2.75, 3.05) is 5.32 Å². The van der Waals surface area contributed by atoms with E-state index in [0.717, 1.165) is 5.56 Å². The summed E-state index contributed by atoms with van der Waals surface area (Å²) in [6, 6.07) is 13.7. The zero-order valence-corrected chi connectivity index (χ0v) is 11.9. The number of amides is 1. The summed E-state index contributed by atoms with van der Waals surface area (Å²) in [6.45, 7) is 0. The van der Waals surface area contributed by atoms with Gasteiger partial charge in [0.2, 0.25) is 0 Å². The molecule has 0 spiro atoms. The number of nitrogens with one attached hydrogen (secondary N) is 1. The average Bonchev–Trinajstić information content (AvgIpc) is 2.49. The fourth-order valence-electron chi connectivity index (χ4n) is 1.63. The highest BCUT2D eigenvalue weighted by atomic mass is 35.5. The molecule has 0 fully saturated rings. The lowest BCUT2D eigenvalue weighted by Crippen LogP contribution is -2.12. The van der Waals surface area contributed by atoms with E-state index in [1.807, 2.05) is 6.07 Å². The van der Waals surface area contributed by atoms with E-state index >= 15 is 0 Å². The molecule has 0 radical (unpaired) electrons. The molecule has 0 heterocycles. The number of nitrogens with zero attached hydrogens (tertiary/aromatic N) is 1. The largest absolute Gasteiger partial charge is 0.321 e. The molecular formula is C15H10Cl2N2O. The van der Waals surface area contributed by atoms with Crippen LogP contribution in [0.2, 0.25) is 5.02 Å². The summed E-state index contributed by atoms with van der Waals surface area (Å²) in [5.74, 6) is 0.112. The van der Waals surface area contributed by atoms with Crippen molar-refractivity contribution in [2.24, 2.45) is 0 Å². The van der Waals surface area contributed by atoms with Crippen molar-refractivity contribution in [3.05, 3.63) is 64.2 Å². The minimum absolute atomic E-state index is 0.289. The third kappa shape index (κ3) is 3.30. The van der Waals surface area contributed by atoms with Crippen molar-refractivity contribution in [3.63, 3.8) is 0 Å². The predicted octanol–water partition coefficient (Wildman–Crippen LogP) is 4.20. The molecule has 0 saturated heterocycles. The Bertz CT molecular complexity index is 675. The molecule has 0 saturated carbocycles. The number of anilines is 1. The first-order chi connectivity index (χ1) is 9.63. The van der Waals surface area contributed by atoms with Gasteiger partial charge in [-0.15, -0.1) is 11.6 Å². The Morgan fingerprint density at radius 2 is 1.90 bits per heavy atom. The first-order valence-corrected chi connectivity index (χ1v) is 6.71. The zero-order valence-electron chi connectivity index (χ0n) is 10.4. The second kappa shape index (κ2) is 6.42. The van der Waals surface area contributed by atoms with Gasteiger partial charge in [-0.05, 0) is 35.9 Å². The Balaban J connectivity index is 2.20. The fourth-order valence-corrected chi connectivity index (χ4v) is 1.97. The molecule has 0 unspecified atom stereocenters. The van der Waals surface area contributed by atoms with E-state index < -0.39 is 0 Å². The van der Waals surface area contributed by atoms with Gasteiger partial charge in [0.05, 0.1) is 22.3 Å². The van der Waals surface area contributed by atoms with Crippen LogP contribution in [0.25, 0.3) is 0 Å². The first-order valence-electron chi connectivity index (χ1n) is 5.80. The SMILES string of the molecule is N#Cc1ccc(Cl)c(NC(=O)c2ccc(CCl)cc2)c1. The smallest absolute Gasteiger partial charge is 0.255 e. The number of hydrogen-bond donors (Lipinski definition) is 1. The molecule has 0 aromatic heterocycles. The van der Waals surface area contributed by atoms with Crippen LogP contribution >= 0.6 is 23.2 Å². The Hall–Kier alpha value is -2.02. The number of hydrogen-bond acceptors (Lipinski definition) is 2. The maximum atomic E-state index is 12.1. The number of nitriles is 1. The van der Waals surface area contributed by atoms with Gasteiger partial charge in [0.25, 0.3) is 5.91 Å². The van der Waals surface area contributed by atoms with Crippen LogP contribution in [0.1, 0.15) is 21.5 Å². The van der Waals surface area contributed by atoms with Crippen LogP contribution in [0.5, 0.6) is 0 Å². The molecule has 2 rings (SSSR count). The minimum atomic E-state index is -0.289. The molecule has 2 aromatic carbocycles. The van der Waals surface area contributed by atoms with E-state index in [9.17, 15) is 4.79 Å². The third-order valence-electron chi connectivity index (χ3n) is 2.71. The van der Waals surface area contributed by atoms with Crippen molar-refractivity contribution in [1.29, 1.82) is 5.26 Å². The lowest BCUT2D eigenvalue weighted by molar-refractivity contribution is 0.102. The second-order valence-corrected chi connectivity index (χ2v) is 4.77. The molecular weight excluding hydrogens is 295 g/mol. The van der Waals surface area contributed by atoms with Crippen LogP contribution in [0.3, 0.4) is 0 Å². The topological polar surface area (TPSA) is 52.9 Å². The molecule has 0 aliphatic rings. The van der Waals surface area contributed by atoms with Gasteiger partial charge in [-0.1, -0.05) is 23.7 Å². The summed E-state index contributed by atoms with van der Waals surface area (Å²) in [4.78, 5) is 12.1. The maximum absolute atomic E-state index is 12.1. The summed E-state index contributed by atoms with van der Waals surface area (Å²) in [5, 5.41) is 11.9. The van der Waals surface area contributed by atoms with E-state index in [0.29, 0.717) is 27.7 Å². The van der Waals surface area contributed by atoms with E-state index in [-0.39, 0.29) is 5.91 Å². The monoisotopic (exact) mass is 304 g/mol. The molecule has 100 valence electrons. The Kier molecular flexibility index (Phi) is 4.62. The molecule has 1 amide bonds. The van der Waals surface area contributed by atoms with Crippen LogP contribution < -0.4 is 5.32 Å². The standard InChI is InChI=1S/C15H10Cl2N2O/c16-8-10-1-4-12(5-2-10)15(20)19-14-7-11(9-18)3-6-13(14)17/h1-7H,8H2,(H,19,20). The highest BCUT2D eigenvalue weighted by Gasteiger charge is 2.09. The maximum Gasteiger partial charge on any atom is 0.255 e. The van der Waals surface area contributed by atoms with Gasteiger partial charge in [-0.25, -0.2) is 0 Å². The van der Waals surface area contributed by atoms with Gasteiger partial charge in [0, 0.05) is 11.4 Å². The Morgan fingerprint density at radius 1 is 1.20 bits per heavy atom. The quantitative estimate of drug-likeness (QED) is 0.864. The predicted molar refractivity (Wildman–Crippen MR) is 80.1 cm³/mol. The van der Waals surface area contributed by atoms with Gasteiger partial charge < -0.3 is 5.32 Å². The lowest BCUT2D eigenvalue weighted by atomic mass is 10.1. The van der Waals surface area contributed by atoms with E-state index in [2.05, 4.69) is 5.32 Å². The van der Waals surface area contributed by atoms with Crippen LogP contribution in [-0.4, -0.2) is 5.91 Å². The normalized spacial score (nSPS) is 9.85. The summed E-state index contributed by atoms with van der Waals surface area (Å²) in [6.07, 6.45) is 0. The van der Waals surface area contributed by atoms with Crippen molar-refractivity contribution in [3.8, 4) is 6.07 Å². The molecule has 0 aliphatic heterocycles. The number of alkyl halides is 1. The summed E-state index contributed by atoms with van der Waals surface area (Å²) in [5.41, 5.74) is 2.28. The average molecular weight is 305 g/mol. The highest BCUT2D eigenvalue weighted by molar-refractivity contribution is 6.34. The van der Waals surface area contributed by atoms with E-state index in [4.69, 9.17) is 28.5 Å². The molecule has 3 nitrogen and oxygen atoms in total. The molecule has 5 heteroatoms. The summed E-state index contributed by atoms with van der Waals surface area (Å²) in [7, 11) is 0. The Morgan fingerprint density at radius 3 is 2.50 bits per heavy atom. The second-order valence-electron chi connectivity index (χ2n) is 4.09. The van der Waals surface area contributed by atoms with Crippen molar-refractivity contribution >= 4 is 34.8 Å². The molecule has 0 atom stereocenters. The molecule has 1 N–H and O–H groups in total. The first kappa shape index (κ1) is 14.4. The minimum Gasteiger partial charge on any atom is -0.321 e. The molecule has 0 bridgehead atoms. The van der Waals surface area contributed by atoms with Crippen molar-refractivity contribution < 1.29 is 4.79 Å². The Labute approximate surface area is 126 Å². The molecule has 2 aromatic rings. The van der Waals surface area contributed by atoms with Gasteiger partial charge >= 0.3 is 0 Å². The van der Waals surface area contributed by atoms with Gasteiger partial charge in [-0.3, -0.25) is 4.79 Å². The van der Waals surface area contributed by atoms with Gasteiger partial charge in [0.15, 0.2) is 0 Å². The van der Waals surface area contributed by atoms with E-state index in [1.165, 1.54) is 6.07 Å². The van der Waals surface area contributed by atoms with Crippen molar-refractivity contribution in [1.82, 2.24) is 0 Å². The van der Waals surface area contributed by atoms with Crippen LogP contribution in [0.4, 0.5) is 5.69 Å². The van der Waals surface area contributed by atoms with Crippen LogP contribution in [0.15, 0.2) is 42.5 Å². The lowest BCUT2D eigenvalue weighted by Gasteiger charge is -2.08.